The second-order valence-corrected chi connectivity index (χ2v) is 6.63. The highest BCUT2D eigenvalue weighted by molar-refractivity contribution is 5.59. The van der Waals surface area contributed by atoms with Crippen LogP contribution in [0.15, 0.2) is 24.3 Å². The van der Waals surface area contributed by atoms with Crippen LogP contribution in [0.2, 0.25) is 0 Å². The van der Waals surface area contributed by atoms with Crippen LogP contribution in [0.25, 0.3) is 11.3 Å². The summed E-state index contributed by atoms with van der Waals surface area (Å²) in [4.78, 5) is 0. The van der Waals surface area contributed by atoms with E-state index in [1.165, 1.54) is 0 Å². The fourth-order valence-corrected chi connectivity index (χ4v) is 3.99. The first-order chi connectivity index (χ1) is 11.5. The second-order valence-electron chi connectivity index (χ2n) is 6.63. The van der Waals surface area contributed by atoms with Crippen LogP contribution in [0.1, 0.15) is 24.6 Å². The molecular weight excluding hydrogens is 317 g/mol. The fraction of sp³-hybridized carbons (Fsp3) is 0.412. The predicted molar refractivity (Wildman–Crippen MR) is 82.3 cm³/mol. The summed E-state index contributed by atoms with van der Waals surface area (Å²) in [6.07, 6.45) is 1.95. The van der Waals surface area contributed by atoms with Crippen molar-refractivity contribution < 1.29 is 13.2 Å². The number of rotatable bonds is 2. The van der Waals surface area contributed by atoms with Gasteiger partial charge in [0.05, 0.1) is 17.4 Å². The third-order valence-corrected chi connectivity index (χ3v) is 5.09. The van der Waals surface area contributed by atoms with Gasteiger partial charge in [-0.15, -0.1) is 0 Å². The summed E-state index contributed by atoms with van der Waals surface area (Å²) in [6, 6.07) is 4.99. The van der Waals surface area contributed by atoms with E-state index in [1.807, 2.05) is 0 Å². The molecule has 126 valence electrons. The highest BCUT2D eigenvalue weighted by atomic mass is 19.2. The number of hydrogen-bond acceptors (Lipinski definition) is 4. The molecule has 2 aromatic rings. The quantitative estimate of drug-likeness (QED) is 0.829. The number of nitrogens with zero attached hydrogens (tertiary/aromatic N) is 2. The average Bonchev–Trinajstić information content (AvgIpc) is 3.10. The molecule has 1 aromatic carbocycles. The van der Waals surface area contributed by atoms with Gasteiger partial charge in [0.15, 0.2) is 11.6 Å². The first kappa shape index (κ1) is 15.5. The molecule has 7 heteroatoms. The van der Waals surface area contributed by atoms with Crippen molar-refractivity contribution >= 4 is 0 Å². The molecule has 0 bridgehead atoms. The van der Waals surface area contributed by atoms with Crippen LogP contribution in [0, 0.1) is 29.3 Å². The maximum atomic E-state index is 13.9. The number of nitrogens with two attached hydrogens (primary N) is 1. The van der Waals surface area contributed by atoms with Gasteiger partial charge < -0.3 is 11.1 Å². The summed E-state index contributed by atoms with van der Waals surface area (Å²) >= 11 is 0. The highest BCUT2D eigenvalue weighted by Crippen LogP contribution is 2.43. The van der Waals surface area contributed by atoms with Gasteiger partial charge in [-0.2, -0.15) is 10.2 Å². The third kappa shape index (κ3) is 2.57. The molecule has 4 atom stereocenters. The van der Waals surface area contributed by atoms with Gasteiger partial charge in [0.25, 0.3) is 0 Å². The van der Waals surface area contributed by atoms with Gasteiger partial charge in [-0.1, -0.05) is 0 Å². The van der Waals surface area contributed by atoms with Crippen molar-refractivity contribution in [3.63, 3.8) is 0 Å². The zero-order chi connectivity index (χ0) is 16.8. The largest absolute Gasteiger partial charge is 0.328 e. The van der Waals surface area contributed by atoms with Crippen molar-refractivity contribution in [2.75, 3.05) is 6.54 Å². The molecule has 1 aliphatic heterocycles. The SMILES string of the molecule is NC1CC2CNC(c3ccc(-c4cc(F)cc(F)c4F)nn3)C2C1. The molecule has 3 N–H and O–H groups in total. The van der Waals surface area contributed by atoms with Gasteiger partial charge in [0.2, 0.25) is 0 Å². The van der Waals surface area contributed by atoms with Crippen molar-refractivity contribution in [2.45, 2.75) is 24.9 Å². The van der Waals surface area contributed by atoms with Crippen LogP contribution in [-0.2, 0) is 0 Å². The molecule has 4 nitrogen and oxygen atoms in total. The molecule has 4 rings (SSSR count). The van der Waals surface area contributed by atoms with Crippen molar-refractivity contribution in [1.82, 2.24) is 15.5 Å². The zero-order valence-electron chi connectivity index (χ0n) is 12.8. The van der Waals surface area contributed by atoms with Crippen LogP contribution >= 0.6 is 0 Å². The normalized spacial score (nSPS) is 29.0. The Morgan fingerprint density at radius 3 is 2.67 bits per heavy atom. The average molecular weight is 334 g/mol. The Labute approximate surface area is 137 Å². The Bertz CT molecular complexity index is 765. The van der Waals surface area contributed by atoms with E-state index in [0.717, 1.165) is 31.1 Å². The van der Waals surface area contributed by atoms with E-state index < -0.39 is 17.5 Å². The summed E-state index contributed by atoms with van der Waals surface area (Å²) < 4.78 is 40.5. The number of benzene rings is 1. The van der Waals surface area contributed by atoms with E-state index in [2.05, 4.69) is 15.5 Å². The lowest BCUT2D eigenvalue weighted by Gasteiger charge is -2.17. The topological polar surface area (TPSA) is 63.8 Å². The van der Waals surface area contributed by atoms with Gasteiger partial charge in [0, 0.05) is 17.7 Å². The first-order valence-electron chi connectivity index (χ1n) is 8.00. The van der Waals surface area contributed by atoms with Crippen molar-refractivity contribution in [2.24, 2.45) is 17.6 Å². The summed E-state index contributed by atoms with van der Waals surface area (Å²) in [5, 5.41) is 11.6. The minimum absolute atomic E-state index is 0.0687. The molecule has 0 spiro atoms. The monoisotopic (exact) mass is 334 g/mol. The van der Waals surface area contributed by atoms with Crippen LogP contribution < -0.4 is 11.1 Å². The lowest BCUT2D eigenvalue weighted by Crippen LogP contribution is -2.24. The highest BCUT2D eigenvalue weighted by Gasteiger charge is 2.43. The molecule has 1 saturated carbocycles. The first-order valence-corrected chi connectivity index (χ1v) is 8.00. The Kier molecular flexibility index (Phi) is 3.77. The Balaban J connectivity index is 1.62. The van der Waals surface area contributed by atoms with Gasteiger partial charge in [-0.25, -0.2) is 13.2 Å². The van der Waals surface area contributed by atoms with Gasteiger partial charge in [-0.05, 0) is 49.4 Å². The van der Waals surface area contributed by atoms with E-state index in [1.54, 1.807) is 12.1 Å². The molecule has 24 heavy (non-hydrogen) atoms. The minimum atomic E-state index is -1.24. The van der Waals surface area contributed by atoms with E-state index in [0.29, 0.717) is 17.9 Å². The second kappa shape index (κ2) is 5.82. The summed E-state index contributed by atoms with van der Waals surface area (Å²) in [6.45, 7) is 0.899. The van der Waals surface area contributed by atoms with Crippen LogP contribution in [0.3, 0.4) is 0 Å². The van der Waals surface area contributed by atoms with E-state index in [-0.39, 0.29) is 23.3 Å². The maximum Gasteiger partial charge on any atom is 0.168 e. The fourth-order valence-electron chi connectivity index (χ4n) is 3.99. The predicted octanol–water partition coefficient (Wildman–Crippen LogP) is 2.56. The number of hydrogen-bond donors (Lipinski definition) is 2. The Morgan fingerprint density at radius 1 is 1.08 bits per heavy atom. The van der Waals surface area contributed by atoms with Gasteiger partial charge in [-0.3, -0.25) is 0 Å². The van der Waals surface area contributed by atoms with Crippen molar-refractivity contribution in [3.8, 4) is 11.3 Å². The van der Waals surface area contributed by atoms with Crippen molar-refractivity contribution in [3.05, 3.63) is 47.4 Å². The Morgan fingerprint density at radius 2 is 1.92 bits per heavy atom. The zero-order valence-corrected chi connectivity index (χ0v) is 12.8. The summed E-state index contributed by atoms with van der Waals surface area (Å²) in [5.74, 6) is -2.25. The third-order valence-electron chi connectivity index (χ3n) is 5.09. The molecule has 2 aliphatic rings. The molecular formula is C17H17F3N4. The summed E-state index contributed by atoms with van der Waals surface area (Å²) in [7, 11) is 0. The molecule has 1 aliphatic carbocycles. The van der Waals surface area contributed by atoms with Gasteiger partial charge >= 0.3 is 0 Å². The number of nitrogens with one attached hydrogen (secondary N) is 1. The van der Waals surface area contributed by atoms with E-state index in [4.69, 9.17) is 5.73 Å². The van der Waals surface area contributed by atoms with E-state index >= 15 is 0 Å². The molecule has 4 unspecified atom stereocenters. The molecule has 2 heterocycles. The van der Waals surface area contributed by atoms with Crippen molar-refractivity contribution in [1.29, 1.82) is 0 Å². The molecule has 0 radical (unpaired) electrons. The van der Waals surface area contributed by atoms with Crippen LogP contribution in [0.4, 0.5) is 13.2 Å². The van der Waals surface area contributed by atoms with E-state index in [9.17, 15) is 13.2 Å². The number of aromatic nitrogens is 2. The molecule has 0 amide bonds. The smallest absolute Gasteiger partial charge is 0.168 e. The lowest BCUT2D eigenvalue weighted by molar-refractivity contribution is 0.410. The molecule has 1 aromatic heterocycles. The van der Waals surface area contributed by atoms with Crippen LogP contribution in [0.5, 0.6) is 0 Å². The summed E-state index contributed by atoms with van der Waals surface area (Å²) in [5.41, 5.74) is 6.66. The molecule has 1 saturated heterocycles. The van der Waals surface area contributed by atoms with Gasteiger partial charge in [0.1, 0.15) is 5.82 Å². The number of fused-ring (bicyclic) bond motifs is 1. The lowest BCUT2D eigenvalue weighted by atomic mass is 9.92. The maximum absolute atomic E-state index is 13.9. The minimum Gasteiger partial charge on any atom is -0.328 e. The Hall–Kier alpha value is -1.99. The van der Waals surface area contributed by atoms with Crippen LogP contribution in [-0.4, -0.2) is 22.8 Å². The number of halogens is 3. The molecule has 2 fully saturated rings. The standard InChI is InChI=1S/C17H17F3N4/c18-9-4-12(16(20)13(19)5-9)14-1-2-15(24-23-14)17-11-6-10(21)3-8(11)7-22-17/h1-2,4-5,8,10-11,17,22H,3,6-7,21H2.